The molecule has 2 heteroatoms. The first kappa shape index (κ1) is 13.1. The van der Waals surface area contributed by atoms with Gasteiger partial charge in [0, 0.05) is 12.1 Å². The SMILES string of the molecule is CC1CCC(NC2CCN(C)CC2)c2ccccc21. The van der Waals surface area contributed by atoms with Gasteiger partial charge < -0.3 is 10.2 Å². The van der Waals surface area contributed by atoms with Crippen LogP contribution in [-0.4, -0.2) is 31.1 Å². The molecule has 1 aromatic rings. The smallest absolute Gasteiger partial charge is 0.0325 e. The third-order valence-electron chi connectivity index (χ3n) is 4.95. The van der Waals surface area contributed by atoms with Crippen molar-refractivity contribution in [2.75, 3.05) is 20.1 Å². The lowest BCUT2D eigenvalue weighted by Gasteiger charge is -2.36. The Balaban J connectivity index is 1.70. The van der Waals surface area contributed by atoms with Crippen LogP contribution in [0.2, 0.25) is 0 Å². The first-order valence-electron chi connectivity index (χ1n) is 7.77. The van der Waals surface area contributed by atoms with Crippen LogP contribution in [0.15, 0.2) is 24.3 Å². The molecule has 3 rings (SSSR count). The fourth-order valence-corrected chi connectivity index (χ4v) is 3.64. The molecule has 0 amide bonds. The number of hydrogen-bond acceptors (Lipinski definition) is 2. The van der Waals surface area contributed by atoms with Crippen molar-refractivity contribution in [2.24, 2.45) is 0 Å². The second-order valence-electron chi connectivity index (χ2n) is 6.40. The van der Waals surface area contributed by atoms with E-state index in [1.165, 1.54) is 38.8 Å². The number of fused-ring (bicyclic) bond motifs is 1. The van der Waals surface area contributed by atoms with Crippen molar-refractivity contribution in [2.45, 2.75) is 50.6 Å². The van der Waals surface area contributed by atoms with Gasteiger partial charge in [0.1, 0.15) is 0 Å². The molecule has 0 bridgehead atoms. The number of hydrogen-bond donors (Lipinski definition) is 1. The van der Waals surface area contributed by atoms with Gasteiger partial charge in [0.05, 0.1) is 0 Å². The summed E-state index contributed by atoms with van der Waals surface area (Å²) in [6, 6.07) is 10.3. The first-order chi connectivity index (χ1) is 9.24. The van der Waals surface area contributed by atoms with Crippen molar-refractivity contribution in [3.63, 3.8) is 0 Å². The molecule has 1 fully saturated rings. The van der Waals surface area contributed by atoms with Gasteiger partial charge in [-0.3, -0.25) is 0 Å². The van der Waals surface area contributed by atoms with Crippen molar-refractivity contribution in [1.82, 2.24) is 10.2 Å². The third-order valence-corrected chi connectivity index (χ3v) is 4.95. The monoisotopic (exact) mass is 258 g/mol. The van der Waals surface area contributed by atoms with Gasteiger partial charge in [-0.2, -0.15) is 0 Å². The Morgan fingerprint density at radius 2 is 1.68 bits per heavy atom. The Morgan fingerprint density at radius 1 is 1.00 bits per heavy atom. The van der Waals surface area contributed by atoms with Crippen molar-refractivity contribution < 1.29 is 0 Å². The maximum atomic E-state index is 3.93. The molecule has 19 heavy (non-hydrogen) atoms. The first-order valence-corrected chi connectivity index (χ1v) is 7.77. The molecular formula is C17H26N2. The summed E-state index contributed by atoms with van der Waals surface area (Å²) in [6.45, 7) is 4.84. The predicted molar refractivity (Wildman–Crippen MR) is 80.5 cm³/mol. The van der Waals surface area contributed by atoms with Gasteiger partial charge >= 0.3 is 0 Å². The van der Waals surface area contributed by atoms with E-state index in [1.54, 1.807) is 11.1 Å². The highest BCUT2D eigenvalue weighted by Crippen LogP contribution is 2.37. The van der Waals surface area contributed by atoms with Gasteiger partial charge in [0.25, 0.3) is 0 Å². The highest BCUT2D eigenvalue weighted by Gasteiger charge is 2.27. The minimum Gasteiger partial charge on any atom is -0.307 e. The number of piperidine rings is 1. The van der Waals surface area contributed by atoms with E-state index in [4.69, 9.17) is 0 Å². The van der Waals surface area contributed by atoms with Gasteiger partial charge in [-0.15, -0.1) is 0 Å². The average molecular weight is 258 g/mol. The molecule has 1 aromatic carbocycles. The Hall–Kier alpha value is -0.860. The third kappa shape index (κ3) is 2.85. The van der Waals surface area contributed by atoms with Gasteiger partial charge in [-0.25, -0.2) is 0 Å². The van der Waals surface area contributed by atoms with Crippen LogP contribution >= 0.6 is 0 Å². The van der Waals surface area contributed by atoms with Crippen molar-refractivity contribution in [1.29, 1.82) is 0 Å². The molecule has 1 N–H and O–H groups in total. The fraction of sp³-hybridized carbons (Fsp3) is 0.647. The van der Waals surface area contributed by atoms with Crippen LogP contribution in [0.4, 0.5) is 0 Å². The molecule has 2 nitrogen and oxygen atoms in total. The fourth-order valence-electron chi connectivity index (χ4n) is 3.64. The molecule has 0 radical (unpaired) electrons. The molecule has 0 aromatic heterocycles. The molecule has 1 aliphatic heterocycles. The maximum absolute atomic E-state index is 3.93. The van der Waals surface area contributed by atoms with Crippen molar-refractivity contribution in [3.05, 3.63) is 35.4 Å². The summed E-state index contributed by atoms with van der Waals surface area (Å²) in [6.07, 6.45) is 5.21. The van der Waals surface area contributed by atoms with E-state index in [0.29, 0.717) is 12.1 Å². The molecule has 1 aliphatic carbocycles. The van der Waals surface area contributed by atoms with Crippen LogP contribution in [0.25, 0.3) is 0 Å². The number of nitrogens with zero attached hydrogens (tertiary/aromatic N) is 1. The zero-order valence-corrected chi connectivity index (χ0v) is 12.2. The molecule has 2 unspecified atom stereocenters. The van der Waals surface area contributed by atoms with E-state index in [0.717, 1.165) is 5.92 Å². The van der Waals surface area contributed by atoms with Gasteiger partial charge in [-0.1, -0.05) is 31.2 Å². The summed E-state index contributed by atoms with van der Waals surface area (Å²) in [5.74, 6) is 0.728. The van der Waals surface area contributed by atoms with Crippen molar-refractivity contribution in [3.8, 4) is 0 Å². The minimum absolute atomic E-state index is 0.584. The summed E-state index contributed by atoms with van der Waals surface area (Å²) in [4.78, 5) is 2.44. The summed E-state index contributed by atoms with van der Waals surface area (Å²) < 4.78 is 0. The molecule has 2 atom stereocenters. The summed E-state index contributed by atoms with van der Waals surface area (Å²) >= 11 is 0. The van der Waals surface area contributed by atoms with Gasteiger partial charge in [0.2, 0.25) is 0 Å². The topological polar surface area (TPSA) is 15.3 Å². The van der Waals surface area contributed by atoms with E-state index < -0.39 is 0 Å². The van der Waals surface area contributed by atoms with E-state index >= 15 is 0 Å². The second-order valence-corrected chi connectivity index (χ2v) is 6.40. The molecular weight excluding hydrogens is 232 g/mol. The zero-order valence-electron chi connectivity index (χ0n) is 12.2. The van der Waals surface area contributed by atoms with Crippen LogP contribution in [-0.2, 0) is 0 Å². The second kappa shape index (κ2) is 5.64. The van der Waals surface area contributed by atoms with Crippen LogP contribution in [0.5, 0.6) is 0 Å². The highest BCUT2D eigenvalue weighted by molar-refractivity contribution is 5.35. The minimum atomic E-state index is 0.584. The largest absolute Gasteiger partial charge is 0.307 e. The normalized spacial score (nSPS) is 29.2. The lowest BCUT2D eigenvalue weighted by molar-refractivity contribution is 0.219. The molecule has 2 aliphatic rings. The molecule has 104 valence electrons. The zero-order chi connectivity index (χ0) is 13.2. The van der Waals surface area contributed by atoms with Gasteiger partial charge in [0.15, 0.2) is 0 Å². The van der Waals surface area contributed by atoms with Crippen LogP contribution < -0.4 is 5.32 Å². The van der Waals surface area contributed by atoms with Crippen molar-refractivity contribution >= 4 is 0 Å². The number of nitrogens with one attached hydrogen (secondary N) is 1. The molecule has 0 saturated carbocycles. The Morgan fingerprint density at radius 3 is 2.42 bits per heavy atom. The number of benzene rings is 1. The standard InChI is InChI=1S/C17H26N2/c1-13-7-8-17(16-6-4-3-5-15(13)16)18-14-9-11-19(2)12-10-14/h3-6,13-14,17-18H,7-12H2,1-2H3. The van der Waals surface area contributed by atoms with Gasteiger partial charge in [-0.05, 0) is 62.9 Å². The quantitative estimate of drug-likeness (QED) is 0.875. The number of rotatable bonds is 2. The predicted octanol–water partition coefficient (Wildman–Crippen LogP) is 3.31. The van der Waals surface area contributed by atoms with E-state index in [9.17, 15) is 0 Å². The summed E-state index contributed by atoms with van der Waals surface area (Å²) in [5.41, 5.74) is 3.12. The number of likely N-dealkylation sites (tertiary alicyclic amines) is 1. The summed E-state index contributed by atoms with van der Waals surface area (Å²) in [7, 11) is 2.23. The lowest BCUT2D eigenvalue weighted by Crippen LogP contribution is -2.43. The molecule has 1 saturated heterocycles. The lowest BCUT2D eigenvalue weighted by atomic mass is 9.80. The van der Waals surface area contributed by atoms with E-state index in [2.05, 4.69) is 48.5 Å². The van der Waals surface area contributed by atoms with E-state index in [1.807, 2.05) is 0 Å². The summed E-state index contributed by atoms with van der Waals surface area (Å²) in [5, 5.41) is 3.93. The average Bonchev–Trinajstić information content (AvgIpc) is 2.45. The molecule has 1 heterocycles. The van der Waals surface area contributed by atoms with Crippen LogP contribution in [0.3, 0.4) is 0 Å². The van der Waals surface area contributed by atoms with Crippen LogP contribution in [0, 0.1) is 0 Å². The maximum Gasteiger partial charge on any atom is 0.0325 e. The van der Waals surface area contributed by atoms with E-state index in [-0.39, 0.29) is 0 Å². The van der Waals surface area contributed by atoms with Crippen LogP contribution in [0.1, 0.15) is 55.7 Å². The Labute approximate surface area is 117 Å². The Kier molecular flexibility index (Phi) is 3.90. The Bertz CT molecular complexity index is 421. The molecule has 0 spiro atoms. The highest BCUT2D eigenvalue weighted by atomic mass is 15.1.